The summed E-state index contributed by atoms with van der Waals surface area (Å²) in [7, 11) is -3.39. The van der Waals surface area contributed by atoms with E-state index in [9.17, 15) is 19.8 Å². The fraction of sp³-hybridized carbons (Fsp3) is 0.0526. The van der Waals surface area contributed by atoms with Crippen molar-refractivity contribution in [3.05, 3.63) is 101 Å². The Labute approximate surface area is 145 Å². The van der Waals surface area contributed by atoms with E-state index in [0.717, 1.165) is 0 Å². The minimum atomic E-state index is -3.39. The van der Waals surface area contributed by atoms with Crippen LogP contribution in [0.1, 0.15) is 11.4 Å². The Kier molecular flexibility index (Phi) is 4.79. The Hall–Kier alpha value is -2.75. The number of hydrogen-bond acceptors (Lipinski definition) is 4. The molecule has 0 aliphatic carbocycles. The largest absolute Gasteiger partial charge is 0.380 e. The van der Waals surface area contributed by atoms with E-state index >= 15 is 0 Å². The molecule has 126 valence electrons. The molecule has 0 heterocycles. The second-order valence-electron chi connectivity index (χ2n) is 5.55. The molecule has 0 fully saturated rings. The molecule has 0 aliphatic rings. The van der Waals surface area contributed by atoms with E-state index < -0.39 is 17.9 Å². The molecule has 0 bridgehead atoms. The number of nitro groups is 1. The predicted molar refractivity (Wildman–Crippen MR) is 97.8 cm³/mol. The Morgan fingerprint density at radius 2 is 1.24 bits per heavy atom. The summed E-state index contributed by atoms with van der Waals surface area (Å²) < 4.78 is 14.0. The third-order valence-corrected chi connectivity index (χ3v) is 7.14. The molecule has 0 radical (unpaired) electrons. The standard InChI is InChI=1S/C19H16NO4P/c21-19(15-11-13-16(14-12-15)20(22)23)25(24,17-7-3-1-4-8-17)18-9-5-2-6-10-18/h1-14,19,21H. The quantitative estimate of drug-likeness (QED) is 0.432. The molecule has 0 aromatic heterocycles. The highest BCUT2D eigenvalue weighted by Crippen LogP contribution is 2.55. The Morgan fingerprint density at radius 3 is 1.64 bits per heavy atom. The Bertz CT molecular complexity index is 868. The lowest BCUT2D eigenvalue weighted by atomic mass is 10.2. The maximum atomic E-state index is 14.0. The first-order valence-electron chi connectivity index (χ1n) is 7.67. The maximum absolute atomic E-state index is 14.0. The van der Waals surface area contributed by atoms with Gasteiger partial charge in [-0.25, -0.2) is 0 Å². The van der Waals surface area contributed by atoms with Crippen molar-refractivity contribution in [3.63, 3.8) is 0 Å². The molecule has 3 aromatic carbocycles. The van der Waals surface area contributed by atoms with Crippen LogP contribution in [0.4, 0.5) is 5.69 Å². The zero-order valence-corrected chi connectivity index (χ0v) is 14.1. The molecule has 6 heteroatoms. The topological polar surface area (TPSA) is 80.4 Å². The maximum Gasteiger partial charge on any atom is 0.269 e. The van der Waals surface area contributed by atoms with E-state index in [1.54, 1.807) is 48.5 Å². The van der Waals surface area contributed by atoms with Crippen LogP contribution in [0, 0.1) is 10.1 Å². The first kappa shape index (κ1) is 17.1. The van der Waals surface area contributed by atoms with Gasteiger partial charge in [-0.2, -0.15) is 0 Å². The van der Waals surface area contributed by atoms with Gasteiger partial charge in [0.2, 0.25) is 0 Å². The summed E-state index contributed by atoms with van der Waals surface area (Å²) in [5, 5.41) is 22.8. The summed E-state index contributed by atoms with van der Waals surface area (Å²) in [6.45, 7) is 0. The van der Waals surface area contributed by atoms with Crippen molar-refractivity contribution in [2.75, 3.05) is 0 Å². The first-order valence-corrected chi connectivity index (χ1v) is 9.44. The number of aliphatic hydroxyl groups is 1. The highest BCUT2D eigenvalue weighted by atomic mass is 31.2. The molecule has 0 saturated heterocycles. The van der Waals surface area contributed by atoms with Crippen LogP contribution in [0.3, 0.4) is 0 Å². The highest BCUT2D eigenvalue weighted by Gasteiger charge is 2.36. The van der Waals surface area contributed by atoms with Crippen LogP contribution in [0.2, 0.25) is 0 Å². The van der Waals surface area contributed by atoms with Gasteiger partial charge in [0.1, 0.15) is 5.85 Å². The lowest BCUT2D eigenvalue weighted by molar-refractivity contribution is -0.384. The Balaban J connectivity index is 2.12. The van der Waals surface area contributed by atoms with Crippen molar-refractivity contribution in [1.82, 2.24) is 0 Å². The second-order valence-corrected chi connectivity index (χ2v) is 8.39. The summed E-state index contributed by atoms with van der Waals surface area (Å²) in [6, 6.07) is 23.1. The van der Waals surface area contributed by atoms with Crippen LogP contribution in [-0.4, -0.2) is 10.0 Å². The monoisotopic (exact) mass is 353 g/mol. The van der Waals surface area contributed by atoms with E-state index in [0.29, 0.717) is 16.2 Å². The van der Waals surface area contributed by atoms with Crippen molar-refractivity contribution >= 4 is 23.4 Å². The van der Waals surface area contributed by atoms with E-state index in [-0.39, 0.29) is 5.69 Å². The van der Waals surface area contributed by atoms with Crippen molar-refractivity contribution in [2.45, 2.75) is 5.85 Å². The van der Waals surface area contributed by atoms with Gasteiger partial charge in [0.05, 0.1) is 4.92 Å². The van der Waals surface area contributed by atoms with Crippen LogP contribution in [-0.2, 0) is 4.57 Å². The van der Waals surface area contributed by atoms with Crippen LogP contribution < -0.4 is 10.6 Å². The molecule has 0 spiro atoms. The van der Waals surface area contributed by atoms with Gasteiger partial charge in [-0.05, 0) is 17.7 Å². The fourth-order valence-corrected chi connectivity index (χ4v) is 5.39. The molecule has 1 unspecified atom stereocenters. The number of hydrogen-bond donors (Lipinski definition) is 1. The zero-order chi connectivity index (χ0) is 17.9. The van der Waals surface area contributed by atoms with Crippen molar-refractivity contribution in [2.24, 2.45) is 0 Å². The number of non-ortho nitro benzene ring substituents is 1. The second kappa shape index (κ2) is 7.01. The van der Waals surface area contributed by atoms with Crippen LogP contribution in [0.15, 0.2) is 84.9 Å². The third-order valence-electron chi connectivity index (χ3n) is 4.03. The average molecular weight is 353 g/mol. The van der Waals surface area contributed by atoms with Crippen LogP contribution in [0.25, 0.3) is 0 Å². The number of rotatable bonds is 5. The zero-order valence-electron chi connectivity index (χ0n) is 13.2. The van der Waals surface area contributed by atoms with Crippen LogP contribution in [0.5, 0.6) is 0 Å². The molecule has 0 aliphatic heterocycles. The molecule has 3 aromatic rings. The summed E-state index contributed by atoms with van der Waals surface area (Å²) in [6.07, 6.45) is 0. The summed E-state index contributed by atoms with van der Waals surface area (Å²) in [5.41, 5.74) is 0.298. The average Bonchev–Trinajstić information content (AvgIpc) is 2.68. The third kappa shape index (κ3) is 3.25. The van der Waals surface area contributed by atoms with Gasteiger partial charge < -0.3 is 9.67 Å². The Morgan fingerprint density at radius 1 is 0.800 bits per heavy atom. The van der Waals surface area contributed by atoms with Gasteiger partial charge in [0.15, 0.2) is 7.14 Å². The molecule has 1 N–H and O–H groups in total. The fourth-order valence-electron chi connectivity index (χ4n) is 2.71. The van der Waals surface area contributed by atoms with Crippen LogP contribution >= 0.6 is 7.14 Å². The number of benzene rings is 3. The molecule has 0 amide bonds. The summed E-state index contributed by atoms with van der Waals surface area (Å²) >= 11 is 0. The number of aliphatic hydroxyl groups excluding tert-OH is 1. The van der Waals surface area contributed by atoms with E-state index in [1.165, 1.54) is 24.3 Å². The molecular formula is C19H16NO4P. The lowest BCUT2D eigenvalue weighted by Crippen LogP contribution is -2.21. The van der Waals surface area contributed by atoms with Gasteiger partial charge in [-0.3, -0.25) is 10.1 Å². The normalized spacial score (nSPS) is 12.5. The van der Waals surface area contributed by atoms with Gasteiger partial charge >= 0.3 is 0 Å². The molecular weight excluding hydrogens is 337 g/mol. The minimum Gasteiger partial charge on any atom is -0.380 e. The first-order chi connectivity index (χ1) is 12.0. The minimum absolute atomic E-state index is 0.0785. The lowest BCUT2D eigenvalue weighted by Gasteiger charge is -2.25. The number of nitro benzene ring substituents is 1. The van der Waals surface area contributed by atoms with E-state index in [4.69, 9.17) is 0 Å². The number of nitrogens with zero attached hydrogens (tertiary/aromatic N) is 1. The van der Waals surface area contributed by atoms with Gasteiger partial charge in [-0.15, -0.1) is 0 Å². The van der Waals surface area contributed by atoms with Gasteiger partial charge in [0.25, 0.3) is 5.69 Å². The smallest absolute Gasteiger partial charge is 0.269 e. The van der Waals surface area contributed by atoms with E-state index in [2.05, 4.69) is 0 Å². The van der Waals surface area contributed by atoms with Gasteiger partial charge in [-0.1, -0.05) is 60.7 Å². The molecule has 1 atom stereocenters. The molecule has 5 nitrogen and oxygen atoms in total. The van der Waals surface area contributed by atoms with Gasteiger partial charge in [0, 0.05) is 22.7 Å². The molecule has 0 saturated carbocycles. The molecule has 3 rings (SSSR count). The van der Waals surface area contributed by atoms with Crippen molar-refractivity contribution in [1.29, 1.82) is 0 Å². The summed E-state index contributed by atoms with van der Waals surface area (Å²) in [4.78, 5) is 10.3. The SMILES string of the molecule is O=[N+]([O-])c1ccc(C(O)P(=O)(c2ccccc2)c2ccccc2)cc1. The predicted octanol–water partition coefficient (Wildman–Crippen LogP) is 3.60. The van der Waals surface area contributed by atoms with E-state index in [1.807, 2.05) is 12.1 Å². The van der Waals surface area contributed by atoms with Crippen molar-refractivity contribution < 1.29 is 14.6 Å². The van der Waals surface area contributed by atoms with Crippen molar-refractivity contribution in [3.8, 4) is 0 Å². The highest BCUT2D eigenvalue weighted by molar-refractivity contribution is 7.78. The summed E-state index contributed by atoms with van der Waals surface area (Å²) in [5.74, 6) is -1.29. The molecule has 25 heavy (non-hydrogen) atoms.